The van der Waals surface area contributed by atoms with Crippen LogP contribution in [0.5, 0.6) is 0 Å². The number of hydrogen-bond acceptors (Lipinski definition) is 14. The van der Waals surface area contributed by atoms with Crippen LogP contribution < -0.4 is 37.3 Å². The van der Waals surface area contributed by atoms with Gasteiger partial charge in [-0.15, -0.1) is 20.5 Å². The quantitative estimate of drug-likeness (QED) is 0.161. The summed E-state index contributed by atoms with van der Waals surface area (Å²) in [4.78, 5) is 9.16. The predicted octanol–water partition coefficient (Wildman–Crippen LogP) is -4.97. The van der Waals surface area contributed by atoms with Gasteiger partial charge in [0.1, 0.15) is 11.4 Å². The Kier molecular flexibility index (Phi) is 14.3. The van der Waals surface area contributed by atoms with E-state index in [0.717, 1.165) is 57.2 Å². The topological polar surface area (TPSA) is 303 Å². The average molecular weight is 733 g/mol. The second-order valence-corrected chi connectivity index (χ2v) is 10.6. The molecule has 0 fully saturated rings. The summed E-state index contributed by atoms with van der Waals surface area (Å²) >= 11 is 0. The maximum absolute atomic E-state index is 8.49. The molecule has 0 aromatic carbocycles. The zero-order valence-corrected chi connectivity index (χ0v) is 27.5. The van der Waals surface area contributed by atoms with Gasteiger partial charge < -0.3 is 0 Å². The van der Waals surface area contributed by atoms with Gasteiger partial charge in [-0.25, -0.2) is 56.6 Å². The molecule has 18 nitrogen and oxygen atoms in total. The SMILES string of the molecule is Cc1cc(C)n(-c2cccc(-c3cc[nH]n3)n2)n1.Cc1cc(C)n(-c2cccc(-c3cc[nH]n3)n2)n1.[Fe+2].[O-][Cl+3]([O-])([O-])[O-].[O-][Cl+3]([O-])([O-])[O-]. The normalized spacial score (nSPS) is 10.8. The molecule has 0 bridgehead atoms. The van der Waals surface area contributed by atoms with Crippen molar-refractivity contribution in [3.05, 3.63) is 95.8 Å². The van der Waals surface area contributed by atoms with Crippen molar-refractivity contribution in [2.45, 2.75) is 27.7 Å². The molecule has 0 aliphatic carbocycles. The number of pyridine rings is 2. The first kappa shape index (κ1) is 39.1. The molecule has 21 heteroatoms. The predicted molar refractivity (Wildman–Crippen MR) is 137 cm³/mol. The number of aryl methyl sites for hydroxylation is 4. The maximum atomic E-state index is 8.49. The summed E-state index contributed by atoms with van der Waals surface area (Å²) in [6.07, 6.45) is 3.57. The Morgan fingerprint density at radius 1 is 0.532 bits per heavy atom. The number of hydrogen-bond donors (Lipinski definition) is 2. The Morgan fingerprint density at radius 3 is 1.13 bits per heavy atom. The van der Waals surface area contributed by atoms with Gasteiger partial charge >= 0.3 is 17.1 Å². The average Bonchev–Trinajstić information content (AvgIpc) is 3.76. The van der Waals surface area contributed by atoms with E-state index in [1.54, 1.807) is 12.4 Å². The van der Waals surface area contributed by atoms with E-state index in [0.29, 0.717) is 0 Å². The first-order valence-corrected chi connectivity index (χ1v) is 15.2. The van der Waals surface area contributed by atoms with Gasteiger partial charge in [0, 0.05) is 23.8 Å². The minimum atomic E-state index is -4.94. The van der Waals surface area contributed by atoms with Crippen molar-refractivity contribution in [3.63, 3.8) is 0 Å². The fourth-order valence-corrected chi connectivity index (χ4v) is 3.90. The summed E-state index contributed by atoms with van der Waals surface area (Å²) in [7, 11) is -9.89. The summed E-state index contributed by atoms with van der Waals surface area (Å²) in [5.74, 6) is 1.61. The number of nitrogens with zero attached hydrogens (tertiary/aromatic N) is 8. The first-order chi connectivity index (χ1) is 21.5. The minimum Gasteiger partial charge on any atom is -0.285 e. The van der Waals surface area contributed by atoms with Crippen LogP contribution in [0.3, 0.4) is 0 Å². The zero-order valence-electron chi connectivity index (χ0n) is 24.9. The molecule has 250 valence electrons. The summed E-state index contributed by atoms with van der Waals surface area (Å²) in [5, 5.41) is 22.7. The van der Waals surface area contributed by atoms with Crippen LogP contribution in [0.15, 0.2) is 73.1 Å². The van der Waals surface area contributed by atoms with Crippen LogP contribution in [-0.4, -0.2) is 49.9 Å². The van der Waals surface area contributed by atoms with E-state index in [2.05, 4.69) is 40.6 Å². The maximum Gasteiger partial charge on any atom is 2.00 e. The number of aromatic nitrogens is 10. The smallest absolute Gasteiger partial charge is 0.285 e. The molecule has 0 saturated heterocycles. The van der Waals surface area contributed by atoms with Crippen LogP contribution in [0.25, 0.3) is 34.4 Å². The van der Waals surface area contributed by atoms with Crippen LogP contribution in [0.1, 0.15) is 22.8 Å². The second-order valence-electron chi connectivity index (χ2n) is 9.11. The van der Waals surface area contributed by atoms with E-state index in [1.165, 1.54) is 0 Å². The van der Waals surface area contributed by atoms with Gasteiger partial charge in [0.05, 0.1) is 22.8 Å². The van der Waals surface area contributed by atoms with Crippen molar-refractivity contribution in [2.24, 2.45) is 0 Å². The van der Waals surface area contributed by atoms with Crippen molar-refractivity contribution < 1.29 is 74.8 Å². The van der Waals surface area contributed by atoms with Crippen molar-refractivity contribution in [3.8, 4) is 34.4 Å². The third-order valence-electron chi connectivity index (χ3n) is 5.45. The molecule has 0 atom stereocenters. The molecule has 0 aliphatic rings. The molecule has 0 unspecified atom stereocenters. The summed E-state index contributed by atoms with van der Waals surface area (Å²) in [6, 6.07) is 19.5. The summed E-state index contributed by atoms with van der Waals surface area (Å²) < 4.78 is 71.6. The van der Waals surface area contributed by atoms with Gasteiger partial charge in [-0.1, -0.05) is 12.1 Å². The first-order valence-electron chi connectivity index (χ1n) is 12.7. The summed E-state index contributed by atoms with van der Waals surface area (Å²) in [5.41, 5.74) is 7.44. The van der Waals surface area contributed by atoms with E-state index < -0.39 is 20.5 Å². The van der Waals surface area contributed by atoms with Crippen LogP contribution in [0, 0.1) is 48.2 Å². The fourth-order valence-electron chi connectivity index (χ4n) is 3.90. The molecule has 47 heavy (non-hydrogen) atoms. The molecule has 6 heterocycles. The van der Waals surface area contributed by atoms with Crippen LogP contribution >= 0.6 is 0 Å². The number of H-pyrrole nitrogens is 2. The van der Waals surface area contributed by atoms with Crippen LogP contribution in [-0.2, 0) is 17.1 Å². The van der Waals surface area contributed by atoms with Gasteiger partial charge in [-0.2, -0.15) is 20.4 Å². The van der Waals surface area contributed by atoms with E-state index in [1.807, 2.05) is 97.7 Å². The third-order valence-corrected chi connectivity index (χ3v) is 5.45. The number of aromatic amines is 2. The van der Waals surface area contributed by atoms with Crippen molar-refractivity contribution in [1.82, 2.24) is 49.9 Å². The Bertz CT molecular complexity index is 1660. The molecule has 6 aromatic rings. The van der Waals surface area contributed by atoms with Gasteiger partial charge in [0.15, 0.2) is 11.6 Å². The van der Waals surface area contributed by atoms with Crippen LogP contribution in [0.4, 0.5) is 0 Å². The number of nitrogens with one attached hydrogen (secondary N) is 2. The Balaban J connectivity index is 0.000000251. The Hall–Kier alpha value is -4.08. The molecule has 0 saturated carbocycles. The number of rotatable bonds is 4. The molecule has 0 amide bonds. The van der Waals surface area contributed by atoms with Crippen molar-refractivity contribution >= 4 is 0 Å². The minimum absolute atomic E-state index is 0. The van der Waals surface area contributed by atoms with Crippen LogP contribution in [0.2, 0.25) is 0 Å². The van der Waals surface area contributed by atoms with Gasteiger partial charge in [0.2, 0.25) is 0 Å². The second kappa shape index (κ2) is 17.2. The van der Waals surface area contributed by atoms with Gasteiger partial charge in [-0.3, -0.25) is 10.2 Å². The largest absolute Gasteiger partial charge is 2.00 e. The standard InChI is InChI=1S/2C13H13N5.2ClHO4.Fe/c2*1-9-8-10(2)18(17-9)13-5-3-4-11(15-13)12-6-7-14-16-12;2*2-1(3,4)5;/h2*3-8H,1-2H3,(H,14,16);2*(H,2,3,4,5);/q;;;;+2/p-2. The molecule has 0 aliphatic heterocycles. The van der Waals surface area contributed by atoms with Gasteiger partial charge in [0.25, 0.3) is 0 Å². The van der Waals surface area contributed by atoms with Crippen molar-refractivity contribution in [1.29, 1.82) is 0 Å². The van der Waals surface area contributed by atoms with E-state index >= 15 is 0 Å². The molecular weight excluding hydrogens is 707 g/mol. The van der Waals surface area contributed by atoms with Gasteiger partial charge in [-0.05, 0) is 76.2 Å². The number of halogens is 2. The molecule has 6 rings (SSSR count). The summed E-state index contributed by atoms with van der Waals surface area (Å²) in [6.45, 7) is 7.98. The van der Waals surface area contributed by atoms with E-state index in [9.17, 15) is 0 Å². The molecule has 0 spiro atoms. The molecule has 6 aromatic heterocycles. The fraction of sp³-hybridized carbons (Fsp3) is 0.154. The Morgan fingerprint density at radius 2 is 0.872 bits per heavy atom. The third kappa shape index (κ3) is 13.7. The zero-order chi connectivity index (χ0) is 34.1. The van der Waals surface area contributed by atoms with Crippen molar-refractivity contribution in [2.75, 3.05) is 0 Å². The molecular formula is C26H26Cl2FeN10O8. The monoisotopic (exact) mass is 732 g/mol. The Labute approximate surface area is 282 Å². The molecule has 2 N–H and O–H groups in total. The van der Waals surface area contributed by atoms with E-state index in [-0.39, 0.29) is 17.1 Å². The van der Waals surface area contributed by atoms with E-state index in [4.69, 9.17) is 37.3 Å². The molecule has 0 radical (unpaired) electrons.